The van der Waals surface area contributed by atoms with E-state index >= 15 is 0 Å². The zero-order chi connectivity index (χ0) is 29.7. The van der Waals surface area contributed by atoms with Gasteiger partial charge in [-0.2, -0.15) is 0 Å². The first kappa shape index (κ1) is 32.6. The average Bonchev–Trinajstić information content (AvgIpc) is 3.63. The molecule has 43 heavy (non-hydrogen) atoms. The van der Waals surface area contributed by atoms with E-state index in [1.807, 2.05) is 0 Å². The minimum absolute atomic E-state index is 0.0228. The van der Waals surface area contributed by atoms with Crippen LogP contribution < -0.4 is 0 Å². The molecule has 0 bridgehead atoms. The van der Waals surface area contributed by atoms with Crippen LogP contribution in [0.15, 0.2) is 42.5 Å². The van der Waals surface area contributed by atoms with Crippen LogP contribution in [0.5, 0.6) is 0 Å². The third-order valence-corrected chi connectivity index (χ3v) is 9.54. The topological polar surface area (TPSA) is 92.7 Å². The van der Waals surface area contributed by atoms with E-state index in [0.717, 1.165) is 96.7 Å². The van der Waals surface area contributed by atoms with Crippen LogP contribution in [0.4, 0.5) is 0 Å². The molecule has 5 rings (SSSR count). The number of unbranched alkanes of at least 4 members (excludes halogenated alkanes) is 1. The molecule has 4 aliphatic rings. The van der Waals surface area contributed by atoms with Gasteiger partial charge in [-0.25, -0.2) is 0 Å². The summed E-state index contributed by atoms with van der Waals surface area (Å²) in [6.07, 6.45) is 17.1. The lowest BCUT2D eigenvalue weighted by molar-refractivity contribution is -0.205. The van der Waals surface area contributed by atoms with E-state index in [1.165, 1.54) is 5.56 Å². The van der Waals surface area contributed by atoms with Gasteiger partial charge in [-0.15, -0.1) is 0 Å². The van der Waals surface area contributed by atoms with Gasteiger partial charge < -0.3 is 33.5 Å². The van der Waals surface area contributed by atoms with Gasteiger partial charge in [0.25, 0.3) is 0 Å². The van der Waals surface area contributed by atoms with Gasteiger partial charge in [-0.05, 0) is 88.0 Å². The molecule has 4 fully saturated rings. The monoisotopic (exact) mass is 600 g/mol. The Morgan fingerprint density at radius 1 is 0.860 bits per heavy atom. The summed E-state index contributed by atoms with van der Waals surface area (Å²) in [6, 6.07) is 10.6. The summed E-state index contributed by atoms with van der Waals surface area (Å²) in [4.78, 5) is 11.0. The molecule has 1 aromatic rings. The molecule has 240 valence electrons. The highest BCUT2D eigenvalue weighted by Crippen LogP contribution is 2.45. The predicted octanol–water partition coefficient (Wildman–Crippen LogP) is 6.80. The highest BCUT2D eigenvalue weighted by atomic mass is 16.7. The number of aryl methyl sites for hydroxylation is 1. The normalized spacial score (nSPS) is 31.1. The molecule has 2 unspecified atom stereocenters. The van der Waals surface area contributed by atoms with Gasteiger partial charge in [0.1, 0.15) is 0 Å². The van der Waals surface area contributed by atoms with E-state index in [0.29, 0.717) is 19.6 Å². The summed E-state index contributed by atoms with van der Waals surface area (Å²) in [5, 5.41) is 9.01. The number of allylic oxidation sites excluding steroid dienone is 2. The van der Waals surface area contributed by atoms with Gasteiger partial charge in [0.15, 0.2) is 18.4 Å². The predicted molar refractivity (Wildman–Crippen MR) is 162 cm³/mol. The maximum atomic E-state index is 11.0. The first-order chi connectivity index (χ1) is 21.1. The van der Waals surface area contributed by atoms with Crippen molar-refractivity contribution in [2.24, 2.45) is 11.8 Å². The fraction of sp³-hybridized carbons (Fsp3) is 0.743. The molecule has 0 spiro atoms. The summed E-state index contributed by atoms with van der Waals surface area (Å²) < 4.78 is 38.2. The van der Waals surface area contributed by atoms with E-state index in [9.17, 15) is 4.79 Å². The van der Waals surface area contributed by atoms with Crippen molar-refractivity contribution < 1.29 is 38.3 Å². The molecule has 0 aromatic heterocycles. The highest BCUT2D eigenvalue weighted by molar-refractivity contribution is 5.66. The molecule has 1 N–H and O–H groups in total. The average molecular weight is 601 g/mol. The zero-order valence-electron chi connectivity index (χ0n) is 25.7. The molecule has 6 atom stereocenters. The number of ether oxygens (including phenoxy) is 6. The number of aliphatic carboxylic acids is 1. The number of carbonyl (C=O) groups is 1. The first-order valence-electron chi connectivity index (χ1n) is 16.8. The maximum Gasteiger partial charge on any atom is 0.303 e. The smallest absolute Gasteiger partial charge is 0.303 e. The van der Waals surface area contributed by atoms with E-state index in [1.54, 1.807) is 0 Å². The summed E-state index contributed by atoms with van der Waals surface area (Å²) in [5.74, 6) is -0.816. The van der Waals surface area contributed by atoms with Gasteiger partial charge >= 0.3 is 5.97 Å². The van der Waals surface area contributed by atoms with Crippen LogP contribution in [0.1, 0.15) is 95.5 Å². The largest absolute Gasteiger partial charge is 0.481 e. The summed E-state index contributed by atoms with van der Waals surface area (Å²) in [6.45, 7) is 2.76. The van der Waals surface area contributed by atoms with Crippen molar-refractivity contribution in [1.29, 1.82) is 0 Å². The van der Waals surface area contributed by atoms with E-state index in [-0.39, 0.29) is 43.0 Å². The van der Waals surface area contributed by atoms with Crippen LogP contribution in [-0.4, -0.2) is 68.1 Å². The van der Waals surface area contributed by atoms with Gasteiger partial charge in [-0.1, -0.05) is 42.5 Å². The molecular weight excluding hydrogens is 548 g/mol. The molecule has 8 heteroatoms. The van der Waals surface area contributed by atoms with E-state index in [4.69, 9.17) is 33.5 Å². The van der Waals surface area contributed by atoms with Crippen molar-refractivity contribution in [3.63, 3.8) is 0 Å². The van der Waals surface area contributed by atoms with Crippen molar-refractivity contribution in [1.82, 2.24) is 0 Å². The summed E-state index contributed by atoms with van der Waals surface area (Å²) >= 11 is 0. The Kier molecular flexibility index (Phi) is 12.9. The number of carboxylic acids is 1. The lowest BCUT2D eigenvalue weighted by atomic mass is 9.84. The lowest BCUT2D eigenvalue weighted by Crippen LogP contribution is -2.35. The first-order valence-corrected chi connectivity index (χ1v) is 16.8. The Balaban J connectivity index is 1.30. The van der Waals surface area contributed by atoms with Crippen LogP contribution in [0.2, 0.25) is 0 Å². The van der Waals surface area contributed by atoms with Gasteiger partial charge in [0.2, 0.25) is 0 Å². The number of rotatable bonds is 16. The minimum Gasteiger partial charge on any atom is -0.481 e. The van der Waals surface area contributed by atoms with Crippen LogP contribution in [0.3, 0.4) is 0 Å². The summed E-state index contributed by atoms with van der Waals surface area (Å²) in [5.41, 5.74) is 1.30. The zero-order valence-corrected chi connectivity index (χ0v) is 25.7. The molecule has 1 aliphatic carbocycles. The highest BCUT2D eigenvalue weighted by Gasteiger charge is 2.47. The van der Waals surface area contributed by atoms with Crippen LogP contribution in [0, 0.1) is 11.8 Å². The standard InChI is InChI=1S/C35H52O8/c36-32(37)15-7-2-1-6-14-28-29(19-21-35(40-24-25-41-35)20-18-27-12-4-3-5-13-27)31(43-34-17-9-11-23-39-34)26-30(28)42-33-16-8-10-22-38-33/h1,3-6,12-13,28-31,33-34H,2,7-11,14-26H2,(H,36,37)/t28-,29-,30+,31-,33?,34?/m1/s1. The quantitative estimate of drug-likeness (QED) is 0.164. The number of carboxylic acid groups (broad SMARTS) is 1. The Morgan fingerprint density at radius 2 is 1.53 bits per heavy atom. The van der Waals surface area contributed by atoms with Gasteiger partial charge in [-0.3, -0.25) is 4.79 Å². The second kappa shape index (κ2) is 17.0. The SMILES string of the molecule is O=C(O)CCCC=CC[C@@H]1[C@@H](CCC2(CCc3ccccc3)OCCO2)[C@H](OC2CCCCO2)C[C@@H]1OC1CCCCO1. The number of hydrogen-bond acceptors (Lipinski definition) is 7. The summed E-state index contributed by atoms with van der Waals surface area (Å²) in [7, 11) is 0. The Labute approximate surface area is 257 Å². The lowest BCUT2D eigenvalue weighted by Gasteiger charge is -2.34. The van der Waals surface area contributed by atoms with Crippen LogP contribution in [-0.2, 0) is 39.6 Å². The van der Waals surface area contributed by atoms with Crippen molar-refractivity contribution in [2.45, 2.75) is 127 Å². The van der Waals surface area contributed by atoms with Crippen molar-refractivity contribution in [3.8, 4) is 0 Å². The van der Waals surface area contributed by atoms with Gasteiger partial charge in [0, 0.05) is 38.9 Å². The number of benzene rings is 1. The van der Waals surface area contributed by atoms with Gasteiger partial charge in [0.05, 0.1) is 25.4 Å². The Morgan fingerprint density at radius 3 is 2.16 bits per heavy atom. The third kappa shape index (κ3) is 10.1. The van der Waals surface area contributed by atoms with E-state index in [2.05, 4.69) is 42.5 Å². The third-order valence-electron chi connectivity index (χ3n) is 9.54. The van der Waals surface area contributed by atoms with E-state index < -0.39 is 11.8 Å². The molecule has 8 nitrogen and oxygen atoms in total. The molecule has 1 saturated carbocycles. The molecule has 0 amide bonds. The van der Waals surface area contributed by atoms with Crippen LogP contribution in [0.25, 0.3) is 0 Å². The Bertz CT molecular complexity index is 965. The van der Waals surface area contributed by atoms with Crippen molar-refractivity contribution in [2.75, 3.05) is 26.4 Å². The maximum absolute atomic E-state index is 11.0. The molecule has 0 radical (unpaired) electrons. The number of hydrogen-bond donors (Lipinski definition) is 1. The second-order valence-electron chi connectivity index (χ2n) is 12.6. The fourth-order valence-corrected chi connectivity index (χ4v) is 7.22. The minimum atomic E-state index is -0.743. The second-order valence-corrected chi connectivity index (χ2v) is 12.6. The van der Waals surface area contributed by atoms with Crippen molar-refractivity contribution >= 4 is 5.97 Å². The fourth-order valence-electron chi connectivity index (χ4n) is 7.22. The molecule has 3 aliphatic heterocycles. The molecule has 3 saturated heterocycles. The molecular formula is C35H52O8. The molecule has 3 heterocycles. The Hall–Kier alpha value is -1.81. The molecule has 1 aromatic carbocycles. The van der Waals surface area contributed by atoms with Crippen LogP contribution >= 0.6 is 0 Å². The van der Waals surface area contributed by atoms with Crippen molar-refractivity contribution in [3.05, 3.63) is 48.0 Å².